The van der Waals surface area contributed by atoms with Crippen molar-refractivity contribution in [1.82, 2.24) is 10.2 Å². The van der Waals surface area contributed by atoms with Gasteiger partial charge in [0.1, 0.15) is 0 Å². The topological polar surface area (TPSA) is 66.5 Å². The van der Waals surface area contributed by atoms with E-state index in [1.807, 2.05) is 0 Å². The van der Waals surface area contributed by atoms with Gasteiger partial charge in [-0.15, -0.1) is 0 Å². The van der Waals surface area contributed by atoms with Crippen molar-refractivity contribution in [2.45, 2.75) is 44.7 Å². The van der Waals surface area contributed by atoms with Crippen molar-refractivity contribution in [3.63, 3.8) is 0 Å². The molecule has 0 bridgehead atoms. The van der Waals surface area contributed by atoms with E-state index in [9.17, 15) is 22.0 Å². The Morgan fingerprint density at radius 1 is 1.43 bits per heavy atom. The lowest BCUT2D eigenvalue weighted by Gasteiger charge is -2.41. The molecule has 0 spiro atoms. The van der Waals surface area contributed by atoms with Crippen LogP contribution in [0.2, 0.25) is 5.02 Å². The molecule has 9 heteroatoms. The van der Waals surface area contributed by atoms with E-state index < -0.39 is 39.8 Å². The summed E-state index contributed by atoms with van der Waals surface area (Å²) < 4.78 is 50.3. The van der Waals surface area contributed by atoms with Crippen molar-refractivity contribution in [1.29, 1.82) is 0 Å². The maximum Gasteiger partial charge on any atom is 0.318 e. The molecule has 1 aromatic carbocycles. The number of nitrogens with zero attached hydrogens (tertiary/aromatic N) is 1. The monoisotopic (exact) mass is 434 g/mol. The summed E-state index contributed by atoms with van der Waals surface area (Å²) in [6.45, 7) is 2.71. The number of halogens is 3. The molecule has 28 heavy (non-hydrogen) atoms. The molecule has 1 aromatic rings. The van der Waals surface area contributed by atoms with Crippen LogP contribution in [0.5, 0.6) is 0 Å². The average molecular weight is 435 g/mol. The highest BCUT2D eigenvalue weighted by atomic mass is 35.5. The molecule has 1 heterocycles. The number of urea groups is 1. The molecule has 3 atom stereocenters. The number of hydrogen-bond acceptors (Lipinski definition) is 3. The number of benzene rings is 1. The Morgan fingerprint density at radius 3 is 2.68 bits per heavy atom. The Bertz CT molecular complexity index is 840. The molecule has 1 N–H and O–H groups in total. The van der Waals surface area contributed by atoms with Gasteiger partial charge < -0.3 is 10.2 Å². The van der Waals surface area contributed by atoms with Crippen LogP contribution in [-0.2, 0) is 9.84 Å². The maximum atomic E-state index is 13.9. The molecule has 1 saturated heterocycles. The van der Waals surface area contributed by atoms with Gasteiger partial charge in [-0.1, -0.05) is 29.8 Å². The summed E-state index contributed by atoms with van der Waals surface area (Å²) in [5.74, 6) is -3.69. The maximum absolute atomic E-state index is 13.9. The highest BCUT2D eigenvalue weighted by molar-refractivity contribution is 7.93. The number of piperidine rings is 1. The SMILES string of the molecule is CC(/C=C/S(C)(=O)=O)NC(=O)N1CC[C@@H](C(C)(F)F)C[C@H]1c1cccc(Cl)c1. The van der Waals surface area contributed by atoms with E-state index in [0.29, 0.717) is 10.6 Å². The zero-order chi connectivity index (χ0) is 21.1. The Morgan fingerprint density at radius 2 is 2.11 bits per heavy atom. The summed E-state index contributed by atoms with van der Waals surface area (Å²) in [5, 5.41) is 4.19. The Kier molecular flexibility index (Phi) is 7.09. The molecular formula is C19H25ClF2N2O3S. The molecule has 2 rings (SSSR count). The van der Waals surface area contributed by atoms with Crippen LogP contribution in [0.25, 0.3) is 0 Å². The fourth-order valence-electron chi connectivity index (χ4n) is 3.29. The van der Waals surface area contributed by atoms with Crippen LogP contribution in [0.4, 0.5) is 13.6 Å². The molecule has 156 valence electrons. The number of carbonyl (C=O) groups excluding carboxylic acids is 1. The van der Waals surface area contributed by atoms with Crippen molar-refractivity contribution in [3.05, 3.63) is 46.3 Å². The third-order valence-electron chi connectivity index (χ3n) is 4.78. The number of rotatable bonds is 5. The molecule has 0 radical (unpaired) electrons. The van der Waals surface area contributed by atoms with Gasteiger partial charge in [0, 0.05) is 35.2 Å². The second-order valence-electron chi connectivity index (χ2n) is 7.34. The number of sulfone groups is 1. The van der Waals surface area contributed by atoms with E-state index in [2.05, 4.69) is 5.32 Å². The Hall–Kier alpha value is -1.67. The minimum atomic E-state index is -3.31. The van der Waals surface area contributed by atoms with E-state index in [-0.39, 0.29) is 19.4 Å². The van der Waals surface area contributed by atoms with Crippen molar-refractivity contribution in [3.8, 4) is 0 Å². The zero-order valence-corrected chi connectivity index (χ0v) is 17.6. The third-order valence-corrected chi connectivity index (χ3v) is 5.67. The highest BCUT2D eigenvalue weighted by Gasteiger charge is 2.42. The first-order valence-corrected chi connectivity index (χ1v) is 11.3. The van der Waals surface area contributed by atoms with E-state index in [0.717, 1.165) is 18.6 Å². The number of carbonyl (C=O) groups is 1. The van der Waals surface area contributed by atoms with Gasteiger partial charge in [-0.2, -0.15) is 0 Å². The average Bonchev–Trinajstić information content (AvgIpc) is 2.58. The summed E-state index contributed by atoms with van der Waals surface area (Å²) in [7, 11) is -3.31. The van der Waals surface area contributed by atoms with Crippen molar-refractivity contribution >= 4 is 27.5 Å². The summed E-state index contributed by atoms with van der Waals surface area (Å²) in [6.07, 6.45) is 2.73. The summed E-state index contributed by atoms with van der Waals surface area (Å²) in [4.78, 5) is 14.3. The first kappa shape index (κ1) is 22.6. The largest absolute Gasteiger partial charge is 0.332 e. The molecule has 5 nitrogen and oxygen atoms in total. The summed E-state index contributed by atoms with van der Waals surface area (Å²) in [6, 6.07) is 5.33. The fourth-order valence-corrected chi connectivity index (χ4v) is 4.00. The van der Waals surface area contributed by atoms with Gasteiger partial charge in [0.2, 0.25) is 5.92 Å². The van der Waals surface area contributed by atoms with Crippen LogP contribution in [0, 0.1) is 5.92 Å². The number of amides is 2. The van der Waals surface area contributed by atoms with E-state index in [4.69, 9.17) is 11.6 Å². The molecule has 1 aliphatic heterocycles. The van der Waals surface area contributed by atoms with Gasteiger partial charge in [0.15, 0.2) is 9.84 Å². The van der Waals surface area contributed by atoms with Gasteiger partial charge in [0.05, 0.1) is 6.04 Å². The second kappa shape index (κ2) is 8.78. The fraction of sp³-hybridized carbons (Fsp3) is 0.526. The quantitative estimate of drug-likeness (QED) is 0.746. The first-order valence-electron chi connectivity index (χ1n) is 8.95. The minimum Gasteiger partial charge on any atom is -0.332 e. The predicted molar refractivity (Wildman–Crippen MR) is 106 cm³/mol. The Labute approximate surface area is 169 Å². The normalized spacial score (nSPS) is 22.3. The highest BCUT2D eigenvalue weighted by Crippen LogP contribution is 2.41. The van der Waals surface area contributed by atoms with Crippen LogP contribution in [-0.4, -0.2) is 44.1 Å². The standard InChI is InChI=1S/C19H25ClF2N2O3S/c1-13(8-10-28(3,26)27)23-18(25)24-9-7-15(19(2,21)22)12-17(24)14-5-4-6-16(20)11-14/h4-6,8,10-11,13,15,17H,7,9,12H2,1-3H3,(H,23,25)/b10-8+/t13?,15-,17+/m1/s1. The second-order valence-corrected chi connectivity index (χ2v) is 9.71. The van der Waals surface area contributed by atoms with Crippen LogP contribution in [0.1, 0.15) is 38.3 Å². The smallest absolute Gasteiger partial charge is 0.318 e. The predicted octanol–water partition coefficient (Wildman–Crippen LogP) is 4.40. The van der Waals surface area contributed by atoms with Crippen molar-refractivity contribution < 1.29 is 22.0 Å². The van der Waals surface area contributed by atoms with Crippen LogP contribution >= 0.6 is 11.6 Å². The molecular weight excluding hydrogens is 410 g/mol. The van der Waals surface area contributed by atoms with Gasteiger partial charge >= 0.3 is 6.03 Å². The Balaban J connectivity index is 2.22. The number of nitrogens with one attached hydrogen (secondary N) is 1. The first-order chi connectivity index (χ1) is 12.9. The molecule has 2 amide bonds. The molecule has 0 saturated carbocycles. The molecule has 1 aliphatic rings. The van der Waals surface area contributed by atoms with E-state index in [1.54, 1.807) is 31.2 Å². The lowest BCUT2D eigenvalue weighted by atomic mass is 9.84. The van der Waals surface area contributed by atoms with Gasteiger partial charge in [-0.05, 0) is 44.4 Å². The molecule has 0 aliphatic carbocycles. The molecule has 1 unspecified atom stereocenters. The van der Waals surface area contributed by atoms with Gasteiger partial charge in [-0.25, -0.2) is 22.0 Å². The summed E-state index contributed by atoms with van der Waals surface area (Å²) in [5.41, 5.74) is 0.691. The summed E-state index contributed by atoms with van der Waals surface area (Å²) >= 11 is 6.05. The van der Waals surface area contributed by atoms with E-state index in [1.165, 1.54) is 11.0 Å². The van der Waals surface area contributed by atoms with Crippen LogP contribution in [0.15, 0.2) is 35.7 Å². The third kappa shape index (κ3) is 6.44. The lowest BCUT2D eigenvalue weighted by molar-refractivity contribution is -0.0686. The molecule has 0 aromatic heterocycles. The molecule has 1 fully saturated rings. The van der Waals surface area contributed by atoms with Gasteiger partial charge in [-0.3, -0.25) is 0 Å². The number of hydrogen-bond donors (Lipinski definition) is 1. The van der Waals surface area contributed by atoms with Gasteiger partial charge in [0.25, 0.3) is 0 Å². The van der Waals surface area contributed by atoms with Crippen LogP contribution in [0.3, 0.4) is 0 Å². The number of alkyl halides is 2. The lowest BCUT2D eigenvalue weighted by Crippen LogP contribution is -2.50. The zero-order valence-electron chi connectivity index (χ0n) is 16.0. The van der Waals surface area contributed by atoms with E-state index >= 15 is 0 Å². The van der Waals surface area contributed by atoms with Crippen molar-refractivity contribution in [2.75, 3.05) is 12.8 Å². The van der Waals surface area contributed by atoms with Crippen molar-refractivity contribution in [2.24, 2.45) is 5.92 Å². The number of likely N-dealkylation sites (tertiary alicyclic amines) is 1. The minimum absolute atomic E-state index is 0.116. The van der Waals surface area contributed by atoms with Crippen LogP contribution < -0.4 is 5.32 Å².